The number of ether oxygens (including phenoxy) is 1. The van der Waals surface area contributed by atoms with Crippen LogP contribution in [-0.2, 0) is 7.05 Å². The Hall–Kier alpha value is -2.30. The molecule has 24 heavy (non-hydrogen) atoms. The summed E-state index contributed by atoms with van der Waals surface area (Å²) in [7, 11) is 1.75. The maximum Gasteiger partial charge on any atom is 0.262 e. The van der Waals surface area contributed by atoms with E-state index in [1.165, 1.54) is 11.3 Å². The van der Waals surface area contributed by atoms with E-state index in [1.54, 1.807) is 47.6 Å². The maximum absolute atomic E-state index is 12.2. The fourth-order valence-electron chi connectivity index (χ4n) is 2.15. The van der Waals surface area contributed by atoms with Crippen molar-refractivity contribution in [3.8, 4) is 11.8 Å². The van der Waals surface area contributed by atoms with E-state index in [4.69, 9.17) is 10.00 Å². The predicted octanol–water partition coefficient (Wildman–Crippen LogP) is 3.43. The SMILES string of the molecule is Cn1c(SCCCOc2ccc(C#N)cc2)nc2sccc2c1=O. The van der Waals surface area contributed by atoms with Crippen molar-refractivity contribution < 1.29 is 4.74 Å². The van der Waals surface area contributed by atoms with Crippen LogP contribution in [-0.4, -0.2) is 21.9 Å². The van der Waals surface area contributed by atoms with Crippen LogP contribution >= 0.6 is 23.1 Å². The third-order valence-corrected chi connectivity index (χ3v) is 5.36. The summed E-state index contributed by atoms with van der Waals surface area (Å²) in [6.45, 7) is 0.577. The molecular weight excluding hydrogens is 342 g/mol. The molecule has 0 unspecified atom stereocenters. The zero-order valence-electron chi connectivity index (χ0n) is 13.1. The number of rotatable bonds is 6. The van der Waals surface area contributed by atoms with Gasteiger partial charge in [0.15, 0.2) is 5.16 Å². The summed E-state index contributed by atoms with van der Waals surface area (Å²) in [6.07, 6.45) is 0.836. The molecule has 0 saturated carbocycles. The highest BCUT2D eigenvalue weighted by molar-refractivity contribution is 7.99. The highest BCUT2D eigenvalue weighted by Crippen LogP contribution is 2.21. The summed E-state index contributed by atoms with van der Waals surface area (Å²) in [5.41, 5.74) is 0.617. The van der Waals surface area contributed by atoms with Gasteiger partial charge in [-0.25, -0.2) is 4.98 Å². The average molecular weight is 357 g/mol. The highest BCUT2D eigenvalue weighted by atomic mass is 32.2. The molecule has 3 aromatic rings. The summed E-state index contributed by atoms with van der Waals surface area (Å²) < 4.78 is 7.24. The minimum Gasteiger partial charge on any atom is -0.494 e. The Balaban J connectivity index is 1.52. The molecule has 2 aromatic heterocycles. The van der Waals surface area contributed by atoms with Crippen LogP contribution in [0.2, 0.25) is 0 Å². The fourth-order valence-corrected chi connectivity index (χ4v) is 3.84. The van der Waals surface area contributed by atoms with Crippen molar-refractivity contribution in [2.45, 2.75) is 11.6 Å². The molecule has 3 rings (SSSR count). The molecule has 0 N–H and O–H groups in total. The van der Waals surface area contributed by atoms with E-state index < -0.39 is 0 Å². The summed E-state index contributed by atoms with van der Waals surface area (Å²) >= 11 is 3.04. The molecule has 0 radical (unpaired) electrons. The first-order chi connectivity index (χ1) is 11.7. The summed E-state index contributed by atoms with van der Waals surface area (Å²) in [4.78, 5) is 17.5. The second-order valence-corrected chi connectivity index (χ2v) is 7.04. The molecule has 0 amide bonds. The van der Waals surface area contributed by atoms with Crippen molar-refractivity contribution in [2.75, 3.05) is 12.4 Å². The number of thiophene rings is 1. The molecule has 0 spiro atoms. The van der Waals surface area contributed by atoms with Gasteiger partial charge in [-0.3, -0.25) is 9.36 Å². The Labute approximate surface area is 147 Å². The third kappa shape index (κ3) is 3.61. The minimum absolute atomic E-state index is 0.00224. The van der Waals surface area contributed by atoms with Gasteiger partial charge in [-0.2, -0.15) is 5.26 Å². The van der Waals surface area contributed by atoms with E-state index >= 15 is 0 Å². The molecule has 122 valence electrons. The highest BCUT2D eigenvalue weighted by Gasteiger charge is 2.09. The lowest BCUT2D eigenvalue weighted by Crippen LogP contribution is -2.19. The van der Waals surface area contributed by atoms with Gasteiger partial charge in [0, 0.05) is 12.8 Å². The first-order valence-electron chi connectivity index (χ1n) is 7.39. The number of nitriles is 1. The number of fused-ring (bicyclic) bond motifs is 1. The first-order valence-corrected chi connectivity index (χ1v) is 9.25. The van der Waals surface area contributed by atoms with Gasteiger partial charge >= 0.3 is 0 Å². The molecular formula is C17H15N3O2S2. The first kappa shape index (κ1) is 16.6. The van der Waals surface area contributed by atoms with E-state index in [9.17, 15) is 4.79 Å². The van der Waals surface area contributed by atoms with Gasteiger partial charge in [0.25, 0.3) is 5.56 Å². The van der Waals surface area contributed by atoms with Gasteiger partial charge in [0.1, 0.15) is 10.6 Å². The lowest BCUT2D eigenvalue weighted by atomic mass is 10.2. The zero-order valence-corrected chi connectivity index (χ0v) is 14.7. The summed E-state index contributed by atoms with van der Waals surface area (Å²) in [6, 6.07) is 11.0. The second kappa shape index (κ2) is 7.51. The molecule has 0 atom stereocenters. The van der Waals surface area contributed by atoms with Gasteiger partial charge in [-0.1, -0.05) is 11.8 Å². The Morgan fingerprint density at radius 1 is 1.33 bits per heavy atom. The molecule has 0 aliphatic carbocycles. The van der Waals surface area contributed by atoms with Crippen LogP contribution in [0.3, 0.4) is 0 Å². The predicted molar refractivity (Wildman–Crippen MR) is 96.9 cm³/mol. The Morgan fingerprint density at radius 3 is 2.88 bits per heavy atom. The molecule has 5 nitrogen and oxygen atoms in total. The van der Waals surface area contributed by atoms with E-state index in [-0.39, 0.29) is 5.56 Å². The van der Waals surface area contributed by atoms with Crippen LogP contribution in [0.1, 0.15) is 12.0 Å². The summed E-state index contributed by atoms with van der Waals surface area (Å²) in [5.74, 6) is 1.57. The zero-order chi connectivity index (χ0) is 16.9. The number of thioether (sulfide) groups is 1. The standard InChI is InChI=1S/C17H15N3O2S2/c1-20-16(21)14-7-10-23-15(14)19-17(20)24-9-2-8-22-13-5-3-12(11-18)4-6-13/h3-7,10H,2,8-9H2,1H3. The van der Waals surface area contributed by atoms with Crippen LogP contribution in [0.25, 0.3) is 10.2 Å². The van der Waals surface area contributed by atoms with Crippen molar-refractivity contribution in [3.63, 3.8) is 0 Å². The summed E-state index contributed by atoms with van der Waals surface area (Å²) in [5, 5.41) is 12.0. The Morgan fingerprint density at radius 2 is 2.12 bits per heavy atom. The van der Waals surface area contributed by atoms with Gasteiger partial charge in [0.2, 0.25) is 0 Å². The van der Waals surface area contributed by atoms with E-state index in [2.05, 4.69) is 11.1 Å². The molecule has 0 aliphatic heterocycles. The third-order valence-electron chi connectivity index (χ3n) is 3.44. The molecule has 0 bridgehead atoms. The number of aromatic nitrogens is 2. The number of benzene rings is 1. The molecule has 0 aliphatic rings. The van der Waals surface area contributed by atoms with Crippen molar-refractivity contribution in [3.05, 3.63) is 51.6 Å². The monoisotopic (exact) mass is 357 g/mol. The van der Waals surface area contributed by atoms with Crippen LogP contribution in [0.5, 0.6) is 5.75 Å². The maximum atomic E-state index is 12.2. The molecule has 7 heteroatoms. The van der Waals surface area contributed by atoms with Crippen LogP contribution in [0.15, 0.2) is 45.7 Å². The van der Waals surface area contributed by atoms with Crippen molar-refractivity contribution in [2.24, 2.45) is 7.05 Å². The minimum atomic E-state index is -0.00224. The quantitative estimate of drug-likeness (QED) is 0.384. The molecule has 2 heterocycles. The topological polar surface area (TPSA) is 67.9 Å². The van der Waals surface area contributed by atoms with Crippen molar-refractivity contribution in [1.82, 2.24) is 9.55 Å². The van der Waals surface area contributed by atoms with E-state index in [1.807, 2.05) is 11.4 Å². The van der Waals surface area contributed by atoms with E-state index in [0.717, 1.165) is 27.9 Å². The average Bonchev–Trinajstić information content (AvgIpc) is 3.08. The normalized spacial score (nSPS) is 10.7. The number of hydrogen-bond acceptors (Lipinski definition) is 6. The Bertz CT molecular complexity index is 939. The van der Waals surface area contributed by atoms with Crippen molar-refractivity contribution >= 4 is 33.3 Å². The lowest BCUT2D eigenvalue weighted by Gasteiger charge is -2.08. The van der Waals surface area contributed by atoms with Gasteiger partial charge in [0.05, 0.1) is 23.6 Å². The van der Waals surface area contributed by atoms with Crippen LogP contribution in [0.4, 0.5) is 0 Å². The Kier molecular flexibility index (Phi) is 5.18. The van der Waals surface area contributed by atoms with E-state index in [0.29, 0.717) is 17.6 Å². The second-order valence-electron chi connectivity index (χ2n) is 5.08. The van der Waals surface area contributed by atoms with Crippen LogP contribution in [0, 0.1) is 11.3 Å². The van der Waals surface area contributed by atoms with Gasteiger partial charge in [-0.05, 0) is 42.1 Å². The largest absolute Gasteiger partial charge is 0.494 e. The van der Waals surface area contributed by atoms with Crippen LogP contribution < -0.4 is 10.3 Å². The molecule has 0 fully saturated rings. The smallest absolute Gasteiger partial charge is 0.262 e. The van der Waals surface area contributed by atoms with Crippen molar-refractivity contribution in [1.29, 1.82) is 5.26 Å². The van der Waals surface area contributed by atoms with Gasteiger partial charge < -0.3 is 4.74 Å². The fraction of sp³-hybridized carbons (Fsp3) is 0.235. The number of nitrogens with zero attached hydrogens (tertiary/aromatic N) is 3. The van der Waals surface area contributed by atoms with Gasteiger partial charge in [-0.15, -0.1) is 11.3 Å². The molecule has 0 saturated heterocycles. The number of hydrogen-bond donors (Lipinski definition) is 0. The molecule has 1 aromatic carbocycles. The lowest BCUT2D eigenvalue weighted by molar-refractivity contribution is 0.318.